The van der Waals surface area contributed by atoms with E-state index >= 15 is 0 Å². The zero-order valence-electron chi connectivity index (χ0n) is 19.4. The third-order valence-electron chi connectivity index (χ3n) is 6.14. The number of nitrogens with zero attached hydrogens (tertiary/aromatic N) is 2. The molecule has 1 N–H and O–H groups in total. The first-order valence-corrected chi connectivity index (χ1v) is 12.1. The van der Waals surface area contributed by atoms with Gasteiger partial charge in [-0.15, -0.1) is 11.3 Å². The van der Waals surface area contributed by atoms with Crippen molar-refractivity contribution in [3.05, 3.63) is 76.5 Å². The van der Waals surface area contributed by atoms with E-state index in [0.717, 1.165) is 26.2 Å². The van der Waals surface area contributed by atoms with Gasteiger partial charge in [0.05, 0.1) is 20.3 Å². The number of ether oxygens (including phenoxy) is 2. The maximum atomic E-state index is 13.1. The third kappa shape index (κ3) is 5.31. The smallest absolute Gasteiger partial charge is 0.251 e. The van der Waals surface area contributed by atoms with Crippen LogP contribution in [0.3, 0.4) is 0 Å². The van der Waals surface area contributed by atoms with Crippen LogP contribution >= 0.6 is 11.3 Å². The molecule has 33 heavy (non-hydrogen) atoms. The Hall–Kier alpha value is -3.03. The number of hydrogen-bond donors (Lipinski definition) is 1. The minimum atomic E-state index is -0.118. The predicted molar refractivity (Wildman–Crippen MR) is 134 cm³/mol. The lowest BCUT2D eigenvalue weighted by Gasteiger charge is -2.42. The van der Waals surface area contributed by atoms with Gasteiger partial charge in [-0.2, -0.15) is 0 Å². The molecule has 1 aliphatic heterocycles. The van der Waals surface area contributed by atoms with Gasteiger partial charge in [0.1, 0.15) is 0 Å². The van der Waals surface area contributed by atoms with Crippen LogP contribution in [0.4, 0.5) is 5.69 Å². The molecule has 0 radical (unpaired) electrons. The molecular formula is C26H31N3O3S. The number of para-hydroxylation sites is 1. The zero-order chi connectivity index (χ0) is 23.2. The molecule has 7 heteroatoms. The van der Waals surface area contributed by atoms with Crippen LogP contribution < -0.4 is 19.7 Å². The van der Waals surface area contributed by atoms with Crippen LogP contribution in [0, 0.1) is 0 Å². The van der Waals surface area contributed by atoms with Crippen molar-refractivity contribution >= 4 is 22.9 Å². The second-order valence-corrected chi connectivity index (χ2v) is 9.13. The largest absolute Gasteiger partial charge is 0.493 e. The van der Waals surface area contributed by atoms with E-state index in [4.69, 9.17) is 9.47 Å². The molecule has 0 spiro atoms. The maximum absolute atomic E-state index is 13.1. The highest BCUT2D eigenvalue weighted by Gasteiger charge is 2.31. The topological polar surface area (TPSA) is 54.0 Å². The van der Waals surface area contributed by atoms with E-state index < -0.39 is 0 Å². The molecule has 1 fully saturated rings. The molecular weight excluding hydrogens is 434 g/mol. The first-order chi connectivity index (χ1) is 16.1. The highest BCUT2D eigenvalue weighted by atomic mass is 32.1. The summed E-state index contributed by atoms with van der Waals surface area (Å²) in [5.74, 6) is 1.03. The van der Waals surface area contributed by atoms with E-state index in [9.17, 15) is 4.79 Å². The second kappa shape index (κ2) is 10.7. The fourth-order valence-electron chi connectivity index (χ4n) is 4.45. The molecule has 1 aromatic heterocycles. The Morgan fingerprint density at radius 3 is 2.30 bits per heavy atom. The van der Waals surface area contributed by atoms with Gasteiger partial charge in [0.25, 0.3) is 5.91 Å². The summed E-state index contributed by atoms with van der Waals surface area (Å²) < 4.78 is 10.7. The Balaban J connectivity index is 1.47. The molecule has 1 saturated heterocycles. The number of thiophene rings is 1. The Morgan fingerprint density at radius 1 is 0.939 bits per heavy atom. The Bertz CT molecular complexity index is 1030. The fourth-order valence-corrected chi connectivity index (χ4v) is 5.41. The Kier molecular flexibility index (Phi) is 7.52. The number of piperazine rings is 1. The minimum Gasteiger partial charge on any atom is -0.493 e. The molecule has 0 unspecified atom stereocenters. The number of methoxy groups -OCH3 is 2. The Morgan fingerprint density at radius 2 is 1.67 bits per heavy atom. The van der Waals surface area contributed by atoms with Crippen molar-refractivity contribution < 1.29 is 14.3 Å². The van der Waals surface area contributed by atoms with Crippen molar-refractivity contribution in [3.63, 3.8) is 0 Å². The van der Waals surface area contributed by atoms with Gasteiger partial charge in [0.2, 0.25) is 0 Å². The molecule has 0 aliphatic carbocycles. The molecule has 3 aromatic rings. The van der Waals surface area contributed by atoms with Crippen LogP contribution in [0.5, 0.6) is 11.5 Å². The second-order valence-electron chi connectivity index (χ2n) is 8.15. The van der Waals surface area contributed by atoms with Gasteiger partial charge >= 0.3 is 0 Å². The molecule has 0 saturated carbocycles. The number of rotatable bonds is 8. The normalized spacial score (nSPS) is 16.2. The summed E-state index contributed by atoms with van der Waals surface area (Å²) in [5.41, 5.74) is 1.82. The van der Waals surface area contributed by atoms with E-state index in [1.165, 1.54) is 10.6 Å². The van der Waals surface area contributed by atoms with Gasteiger partial charge in [-0.25, -0.2) is 0 Å². The summed E-state index contributed by atoms with van der Waals surface area (Å²) in [6.07, 6.45) is 0. The molecule has 6 nitrogen and oxygen atoms in total. The van der Waals surface area contributed by atoms with Gasteiger partial charge in [-0.1, -0.05) is 24.3 Å². The van der Waals surface area contributed by atoms with Crippen molar-refractivity contribution in [2.45, 2.75) is 19.0 Å². The van der Waals surface area contributed by atoms with Gasteiger partial charge in [-0.3, -0.25) is 9.69 Å². The number of hydrogen-bond acceptors (Lipinski definition) is 6. The summed E-state index contributed by atoms with van der Waals surface area (Å²) in [6.45, 7) is 5.89. The number of nitrogens with one attached hydrogen (secondary N) is 1. The lowest BCUT2D eigenvalue weighted by molar-refractivity contribution is 0.0890. The third-order valence-corrected chi connectivity index (χ3v) is 7.08. The monoisotopic (exact) mass is 465 g/mol. The summed E-state index contributed by atoms with van der Waals surface area (Å²) in [5, 5.41) is 5.33. The first-order valence-electron chi connectivity index (χ1n) is 11.2. The highest BCUT2D eigenvalue weighted by molar-refractivity contribution is 7.10. The molecule has 1 aliphatic rings. The van der Waals surface area contributed by atoms with Crippen molar-refractivity contribution in [1.82, 2.24) is 10.2 Å². The van der Waals surface area contributed by atoms with Crippen molar-refractivity contribution in [2.24, 2.45) is 0 Å². The highest BCUT2D eigenvalue weighted by Crippen LogP contribution is 2.31. The summed E-state index contributed by atoms with van der Waals surface area (Å²) in [4.78, 5) is 19.3. The average Bonchev–Trinajstić information content (AvgIpc) is 3.39. The first kappa shape index (κ1) is 23.1. The van der Waals surface area contributed by atoms with Gasteiger partial charge in [-0.05, 0) is 48.7 Å². The van der Waals surface area contributed by atoms with Crippen LogP contribution in [-0.2, 0) is 0 Å². The van der Waals surface area contributed by atoms with E-state index in [-0.39, 0.29) is 18.0 Å². The molecule has 174 valence electrons. The lowest BCUT2D eigenvalue weighted by atomic mass is 10.0. The fraction of sp³-hybridized carbons (Fsp3) is 0.346. The molecule has 4 rings (SSSR count). The number of carbonyl (C=O) groups is 1. The van der Waals surface area contributed by atoms with E-state index in [2.05, 4.69) is 69.9 Å². The number of benzene rings is 2. The molecule has 2 atom stereocenters. The molecule has 2 aromatic carbocycles. The van der Waals surface area contributed by atoms with E-state index in [1.807, 2.05) is 0 Å². The van der Waals surface area contributed by atoms with Crippen LogP contribution in [0.1, 0.15) is 28.2 Å². The van der Waals surface area contributed by atoms with Crippen LogP contribution in [0.15, 0.2) is 66.0 Å². The lowest BCUT2D eigenvalue weighted by Crippen LogP contribution is -2.52. The summed E-state index contributed by atoms with van der Waals surface area (Å²) in [6, 6.07) is 20.1. The van der Waals surface area contributed by atoms with E-state index in [1.54, 1.807) is 43.8 Å². The van der Waals surface area contributed by atoms with E-state index in [0.29, 0.717) is 17.1 Å². The van der Waals surface area contributed by atoms with Gasteiger partial charge < -0.3 is 19.7 Å². The van der Waals surface area contributed by atoms with Gasteiger partial charge in [0.15, 0.2) is 11.5 Å². The quantitative estimate of drug-likeness (QED) is 0.533. The molecule has 1 amide bonds. The number of amides is 1. The van der Waals surface area contributed by atoms with Crippen molar-refractivity contribution in [2.75, 3.05) is 45.3 Å². The minimum absolute atomic E-state index is 0.0625. The Labute approximate surface area is 199 Å². The zero-order valence-corrected chi connectivity index (χ0v) is 20.2. The van der Waals surface area contributed by atoms with Crippen LogP contribution in [-0.4, -0.2) is 57.2 Å². The average molecular weight is 466 g/mol. The maximum Gasteiger partial charge on any atom is 0.251 e. The number of carbonyl (C=O) groups excluding carboxylic acids is 1. The van der Waals surface area contributed by atoms with Crippen LogP contribution in [0.2, 0.25) is 0 Å². The summed E-state index contributed by atoms with van der Waals surface area (Å²) >= 11 is 1.74. The number of anilines is 1. The SMILES string of the molecule is COc1ccc(C(=O)N[C@@H](C)[C@H](c2cccs2)N2CCN(c3ccccc3)CC2)cc1OC. The van der Waals surface area contributed by atoms with Gasteiger partial charge in [0, 0.05) is 48.3 Å². The summed E-state index contributed by atoms with van der Waals surface area (Å²) in [7, 11) is 3.16. The van der Waals surface area contributed by atoms with Crippen molar-refractivity contribution in [3.8, 4) is 11.5 Å². The van der Waals surface area contributed by atoms with Crippen LogP contribution in [0.25, 0.3) is 0 Å². The van der Waals surface area contributed by atoms with Crippen molar-refractivity contribution in [1.29, 1.82) is 0 Å². The molecule has 2 heterocycles. The standard InChI is InChI=1S/C26H31N3O3S/c1-19(27-26(30)20-11-12-22(31-2)23(18-20)32-3)25(24-10-7-17-33-24)29-15-13-28(14-16-29)21-8-5-4-6-9-21/h4-12,17-19,25H,13-16H2,1-3H3,(H,27,30)/t19-,25+/m0/s1. The predicted octanol–water partition coefficient (Wildman–Crippen LogP) is 4.45. The molecule has 0 bridgehead atoms.